The topological polar surface area (TPSA) is 59.1 Å². The van der Waals surface area contributed by atoms with Gasteiger partial charge in [0.05, 0.1) is 7.11 Å². The zero-order chi connectivity index (χ0) is 21.5. The number of nitrogens with zero attached hydrogens (tertiary/aromatic N) is 2. The van der Waals surface area contributed by atoms with Gasteiger partial charge in [0, 0.05) is 43.4 Å². The lowest BCUT2D eigenvalue weighted by Crippen LogP contribution is -2.50. The van der Waals surface area contributed by atoms with Gasteiger partial charge in [-0.05, 0) is 36.4 Å². The van der Waals surface area contributed by atoms with Gasteiger partial charge in [-0.25, -0.2) is 0 Å². The molecule has 1 aliphatic rings. The normalized spacial score (nSPS) is 14.3. The lowest BCUT2D eigenvalue weighted by Gasteiger charge is -2.34. The van der Waals surface area contributed by atoms with Crippen molar-refractivity contribution in [2.24, 2.45) is 0 Å². The molecule has 0 radical (unpaired) electrons. The zero-order valence-corrected chi connectivity index (χ0v) is 16.5. The first-order valence-electron chi connectivity index (χ1n) is 9.42. The Labute approximate surface area is 173 Å². The SMILES string of the molecule is COc1ccc(C(=O)N2CCN(C(=O)/C=C/c3ccccc3OC(F)F)CC2)cc1. The van der Waals surface area contributed by atoms with E-state index in [1.807, 2.05) is 0 Å². The van der Waals surface area contributed by atoms with Gasteiger partial charge < -0.3 is 19.3 Å². The number of para-hydroxylation sites is 1. The van der Waals surface area contributed by atoms with E-state index < -0.39 is 6.61 Å². The van der Waals surface area contributed by atoms with Gasteiger partial charge in [0.1, 0.15) is 11.5 Å². The summed E-state index contributed by atoms with van der Waals surface area (Å²) in [6, 6.07) is 13.1. The second kappa shape index (κ2) is 9.87. The van der Waals surface area contributed by atoms with Gasteiger partial charge in [0.15, 0.2) is 0 Å². The molecule has 0 unspecified atom stereocenters. The van der Waals surface area contributed by atoms with Crippen LogP contribution in [0, 0.1) is 0 Å². The summed E-state index contributed by atoms with van der Waals surface area (Å²) in [6.07, 6.45) is 2.78. The molecule has 0 spiro atoms. The molecule has 0 N–H and O–H groups in total. The Hall–Kier alpha value is -3.42. The van der Waals surface area contributed by atoms with E-state index in [2.05, 4.69) is 4.74 Å². The number of hydrogen-bond acceptors (Lipinski definition) is 4. The summed E-state index contributed by atoms with van der Waals surface area (Å²) in [5.41, 5.74) is 0.950. The first kappa shape index (κ1) is 21.3. The monoisotopic (exact) mass is 416 g/mol. The summed E-state index contributed by atoms with van der Waals surface area (Å²) in [5, 5.41) is 0. The van der Waals surface area contributed by atoms with Crippen molar-refractivity contribution in [3.63, 3.8) is 0 Å². The summed E-state index contributed by atoms with van der Waals surface area (Å²) >= 11 is 0. The number of carbonyl (C=O) groups excluding carboxylic acids is 2. The van der Waals surface area contributed by atoms with Crippen LogP contribution >= 0.6 is 0 Å². The second-order valence-corrected chi connectivity index (χ2v) is 6.60. The molecular formula is C22H22F2N2O4. The maximum Gasteiger partial charge on any atom is 0.387 e. The van der Waals surface area contributed by atoms with Gasteiger partial charge in [-0.15, -0.1) is 0 Å². The Bertz CT molecular complexity index is 908. The lowest BCUT2D eigenvalue weighted by molar-refractivity contribution is -0.127. The maximum absolute atomic E-state index is 12.6. The Morgan fingerprint density at radius 3 is 2.23 bits per heavy atom. The van der Waals surface area contributed by atoms with E-state index in [0.717, 1.165) is 0 Å². The lowest BCUT2D eigenvalue weighted by atomic mass is 10.1. The summed E-state index contributed by atoms with van der Waals surface area (Å²) < 4.78 is 34.5. The Morgan fingerprint density at radius 2 is 1.60 bits per heavy atom. The van der Waals surface area contributed by atoms with Crippen molar-refractivity contribution in [2.75, 3.05) is 33.3 Å². The molecule has 8 heteroatoms. The van der Waals surface area contributed by atoms with Crippen molar-refractivity contribution in [3.8, 4) is 11.5 Å². The van der Waals surface area contributed by atoms with Crippen molar-refractivity contribution < 1.29 is 27.8 Å². The molecule has 2 aromatic rings. The van der Waals surface area contributed by atoms with Gasteiger partial charge in [0.2, 0.25) is 5.91 Å². The molecule has 30 heavy (non-hydrogen) atoms. The Morgan fingerprint density at radius 1 is 0.967 bits per heavy atom. The van der Waals surface area contributed by atoms with Crippen molar-refractivity contribution in [1.82, 2.24) is 9.80 Å². The van der Waals surface area contributed by atoms with Crippen molar-refractivity contribution in [1.29, 1.82) is 0 Å². The number of carbonyl (C=O) groups is 2. The molecule has 158 valence electrons. The predicted octanol–water partition coefficient (Wildman–Crippen LogP) is 3.29. The average Bonchev–Trinajstić information content (AvgIpc) is 2.77. The van der Waals surface area contributed by atoms with Crippen molar-refractivity contribution in [3.05, 3.63) is 65.7 Å². The van der Waals surface area contributed by atoms with Crippen molar-refractivity contribution in [2.45, 2.75) is 6.61 Å². The fourth-order valence-corrected chi connectivity index (χ4v) is 3.13. The molecule has 3 rings (SSSR count). The van der Waals surface area contributed by atoms with Crippen LogP contribution in [0.25, 0.3) is 6.08 Å². The van der Waals surface area contributed by atoms with E-state index in [4.69, 9.17) is 4.74 Å². The number of rotatable bonds is 6. The van der Waals surface area contributed by atoms with Crippen LogP contribution in [0.1, 0.15) is 15.9 Å². The minimum Gasteiger partial charge on any atom is -0.497 e. The van der Waals surface area contributed by atoms with Crippen LogP contribution in [0.15, 0.2) is 54.6 Å². The fraction of sp³-hybridized carbons (Fsp3) is 0.273. The van der Waals surface area contributed by atoms with E-state index in [9.17, 15) is 18.4 Å². The summed E-state index contributed by atoms with van der Waals surface area (Å²) in [5.74, 6) is 0.331. The molecule has 0 atom stereocenters. The van der Waals surface area contributed by atoms with Crippen LogP contribution in [0.2, 0.25) is 0 Å². The molecule has 2 amide bonds. The average molecular weight is 416 g/mol. The predicted molar refractivity (Wildman–Crippen MR) is 108 cm³/mol. The highest BCUT2D eigenvalue weighted by molar-refractivity contribution is 5.95. The van der Waals surface area contributed by atoms with Crippen LogP contribution in [0.4, 0.5) is 8.78 Å². The summed E-state index contributed by atoms with van der Waals surface area (Å²) in [6.45, 7) is -1.34. The van der Waals surface area contributed by atoms with E-state index in [-0.39, 0.29) is 17.6 Å². The van der Waals surface area contributed by atoms with E-state index in [0.29, 0.717) is 43.1 Å². The first-order valence-corrected chi connectivity index (χ1v) is 9.42. The maximum atomic E-state index is 12.6. The fourth-order valence-electron chi connectivity index (χ4n) is 3.13. The van der Waals surface area contributed by atoms with Crippen LogP contribution in [0.3, 0.4) is 0 Å². The minimum absolute atomic E-state index is 0.00598. The number of ether oxygens (including phenoxy) is 2. The third-order valence-corrected chi connectivity index (χ3v) is 4.76. The number of amides is 2. The highest BCUT2D eigenvalue weighted by atomic mass is 19.3. The molecular weight excluding hydrogens is 394 g/mol. The molecule has 0 saturated carbocycles. The number of benzene rings is 2. The van der Waals surface area contributed by atoms with Gasteiger partial charge in [0.25, 0.3) is 5.91 Å². The molecule has 0 aliphatic carbocycles. The van der Waals surface area contributed by atoms with Crippen LogP contribution in [0.5, 0.6) is 11.5 Å². The molecule has 2 aromatic carbocycles. The quantitative estimate of drug-likeness (QED) is 0.678. The molecule has 1 fully saturated rings. The number of piperazine rings is 1. The third kappa shape index (κ3) is 5.34. The van der Waals surface area contributed by atoms with Gasteiger partial charge >= 0.3 is 6.61 Å². The first-order chi connectivity index (χ1) is 14.5. The summed E-state index contributed by atoms with van der Waals surface area (Å²) in [7, 11) is 1.56. The van der Waals surface area contributed by atoms with E-state index in [1.54, 1.807) is 59.4 Å². The van der Waals surface area contributed by atoms with E-state index >= 15 is 0 Å². The standard InChI is InChI=1S/C22H22F2N2O4/c1-29-18-9-6-17(7-10-18)21(28)26-14-12-25(13-15-26)20(27)11-8-16-4-2-3-5-19(16)30-22(23)24/h2-11,22H,12-15H2,1H3/b11-8+. The Kier molecular flexibility index (Phi) is 7.00. The van der Waals surface area contributed by atoms with Crippen molar-refractivity contribution >= 4 is 17.9 Å². The largest absolute Gasteiger partial charge is 0.497 e. The summed E-state index contributed by atoms with van der Waals surface area (Å²) in [4.78, 5) is 28.4. The highest BCUT2D eigenvalue weighted by Gasteiger charge is 2.24. The van der Waals surface area contributed by atoms with E-state index in [1.165, 1.54) is 18.2 Å². The second-order valence-electron chi connectivity index (χ2n) is 6.60. The molecule has 0 aromatic heterocycles. The minimum atomic E-state index is -2.94. The van der Waals surface area contributed by atoms with Crippen LogP contribution in [-0.4, -0.2) is 61.5 Å². The molecule has 1 aliphatic heterocycles. The molecule has 0 bridgehead atoms. The number of hydrogen-bond donors (Lipinski definition) is 0. The van der Waals surface area contributed by atoms with Gasteiger partial charge in [-0.3, -0.25) is 9.59 Å². The molecule has 1 saturated heterocycles. The van der Waals surface area contributed by atoms with Crippen LogP contribution in [-0.2, 0) is 4.79 Å². The van der Waals surface area contributed by atoms with Gasteiger partial charge in [-0.2, -0.15) is 8.78 Å². The number of halogens is 2. The Balaban J connectivity index is 1.56. The molecule has 1 heterocycles. The van der Waals surface area contributed by atoms with Gasteiger partial charge in [-0.1, -0.05) is 18.2 Å². The smallest absolute Gasteiger partial charge is 0.387 e. The molecule has 6 nitrogen and oxygen atoms in total. The number of alkyl halides is 2. The van der Waals surface area contributed by atoms with Crippen LogP contribution < -0.4 is 9.47 Å². The number of methoxy groups -OCH3 is 1. The highest BCUT2D eigenvalue weighted by Crippen LogP contribution is 2.22. The third-order valence-electron chi connectivity index (χ3n) is 4.76. The zero-order valence-electron chi connectivity index (χ0n) is 16.5.